The Morgan fingerprint density at radius 2 is 2.07 bits per heavy atom. The van der Waals surface area contributed by atoms with Crippen LogP contribution < -0.4 is 5.32 Å². The van der Waals surface area contributed by atoms with Crippen molar-refractivity contribution in [2.24, 2.45) is 0 Å². The molecule has 0 aliphatic rings. The molecule has 84 valence electrons. The summed E-state index contributed by atoms with van der Waals surface area (Å²) in [6.07, 6.45) is 2.37. The second-order valence-electron chi connectivity index (χ2n) is 3.81. The van der Waals surface area contributed by atoms with E-state index in [1.165, 1.54) is 12.8 Å². The summed E-state index contributed by atoms with van der Waals surface area (Å²) in [7, 11) is 0. The van der Waals surface area contributed by atoms with Gasteiger partial charge in [0.1, 0.15) is 0 Å². The van der Waals surface area contributed by atoms with Gasteiger partial charge >= 0.3 is 0 Å². The lowest BCUT2D eigenvalue weighted by molar-refractivity contribution is 0.508. The Morgan fingerprint density at radius 3 is 2.73 bits per heavy atom. The van der Waals surface area contributed by atoms with Crippen molar-refractivity contribution in [3.05, 3.63) is 33.8 Å². The van der Waals surface area contributed by atoms with Crippen molar-refractivity contribution in [3.8, 4) is 0 Å². The highest BCUT2D eigenvalue weighted by atomic mass is 35.5. The number of nitrogens with one attached hydrogen (secondary N) is 1. The van der Waals surface area contributed by atoms with E-state index in [1.54, 1.807) is 0 Å². The first-order chi connectivity index (χ1) is 7.13. The molecule has 0 aromatic heterocycles. The van der Waals surface area contributed by atoms with Gasteiger partial charge < -0.3 is 5.32 Å². The maximum Gasteiger partial charge on any atom is 0.0451 e. The van der Waals surface area contributed by atoms with Gasteiger partial charge in [-0.25, -0.2) is 0 Å². The van der Waals surface area contributed by atoms with Gasteiger partial charge in [0.2, 0.25) is 0 Å². The maximum absolute atomic E-state index is 6.06. The van der Waals surface area contributed by atoms with Crippen LogP contribution in [0.15, 0.2) is 18.2 Å². The first-order valence-electron chi connectivity index (χ1n) is 5.30. The third kappa shape index (κ3) is 4.42. The minimum atomic E-state index is 0.519. The van der Waals surface area contributed by atoms with Gasteiger partial charge in [0.25, 0.3) is 0 Å². The van der Waals surface area contributed by atoms with Gasteiger partial charge in [-0.2, -0.15) is 0 Å². The van der Waals surface area contributed by atoms with Crippen molar-refractivity contribution in [1.29, 1.82) is 0 Å². The van der Waals surface area contributed by atoms with Gasteiger partial charge in [-0.1, -0.05) is 36.5 Å². The number of benzene rings is 1. The quantitative estimate of drug-likeness (QED) is 0.817. The summed E-state index contributed by atoms with van der Waals surface area (Å²) in [6, 6.07) is 6.08. The molecule has 1 N–H and O–H groups in total. The van der Waals surface area contributed by atoms with Gasteiger partial charge in [-0.05, 0) is 37.1 Å². The molecule has 1 aromatic rings. The molecule has 0 heterocycles. The summed E-state index contributed by atoms with van der Waals surface area (Å²) < 4.78 is 0. The van der Waals surface area contributed by atoms with E-state index < -0.39 is 0 Å². The molecule has 0 saturated carbocycles. The van der Waals surface area contributed by atoms with E-state index in [0.717, 1.165) is 22.2 Å². The normalized spacial score (nSPS) is 12.8. The molecule has 1 atom stereocenters. The fraction of sp³-hybridized carbons (Fsp3) is 0.500. The molecule has 0 bridgehead atoms. The van der Waals surface area contributed by atoms with Gasteiger partial charge in [0.05, 0.1) is 0 Å². The zero-order valence-corrected chi connectivity index (χ0v) is 10.7. The summed E-state index contributed by atoms with van der Waals surface area (Å²) in [5.74, 6) is 0. The molecule has 15 heavy (non-hydrogen) atoms. The molecule has 0 aliphatic carbocycles. The molecule has 0 radical (unpaired) electrons. The smallest absolute Gasteiger partial charge is 0.0451 e. The highest BCUT2D eigenvalue weighted by molar-refractivity contribution is 6.33. The van der Waals surface area contributed by atoms with Crippen LogP contribution in [0.25, 0.3) is 0 Å². The van der Waals surface area contributed by atoms with Gasteiger partial charge in [0, 0.05) is 22.6 Å². The van der Waals surface area contributed by atoms with Crippen LogP contribution in [0.4, 0.5) is 0 Å². The highest BCUT2D eigenvalue weighted by Gasteiger charge is 2.03. The van der Waals surface area contributed by atoms with Crippen LogP contribution in [0.5, 0.6) is 0 Å². The molecule has 1 unspecified atom stereocenters. The van der Waals surface area contributed by atoms with Crippen LogP contribution in [-0.2, 0) is 6.54 Å². The predicted octanol–water partition coefficient (Wildman–Crippen LogP) is 4.27. The molecule has 0 aliphatic heterocycles. The van der Waals surface area contributed by atoms with Crippen molar-refractivity contribution >= 4 is 23.2 Å². The topological polar surface area (TPSA) is 12.0 Å². The van der Waals surface area contributed by atoms with E-state index in [0.29, 0.717) is 6.04 Å². The van der Waals surface area contributed by atoms with Gasteiger partial charge in [-0.15, -0.1) is 0 Å². The predicted molar refractivity (Wildman–Crippen MR) is 67.7 cm³/mol. The Bertz CT molecular complexity index is 312. The zero-order chi connectivity index (χ0) is 11.3. The van der Waals surface area contributed by atoms with Crippen LogP contribution in [0.3, 0.4) is 0 Å². The Balaban J connectivity index is 2.53. The maximum atomic E-state index is 6.06. The Labute approximate surface area is 102 Å². The van der Waals surface area contributed by atoms with Crippen molar-refractivity contribution in [2.75, 3.05) is 0 Å². The van der Waals surface area contributed by atoms with Crippen LogP contribution in [0.1, 0.15) is 32.3 Å². The molecule has 0 fully saturated rings. The van der Waals surface area contributed by atoms with Crippen LogP contribution >= 0.6 is 23.2 Å². The number of hydrogen-bond acceptors (Lipinski definition) is 1. The van der Waals surface area contributed by atoms with Gasteiger partial charge in [-0.3, -0.25) is 0 Å². The minimum Gasteiger partial charge on any atom is -0.310 e. The summed E-state index contributed by atoms with van der Waals surface area (Å²) in [4.78, 5) is 0. The lowest BCUT2D eigenvalue weighted by Crippen LogP contribution is -2.25. The van der Waals surface area contributed by atoms with E-state index in [2.05, 4.69) is 19.2 Å². The number of hydrogen-bond donors (Lipinski definition) is 1. The van der Waals surface area contributed by atoms with Crippen molar-refractivity contribution in [1.82, 2.24) is 5.32 Å². The largest absolute Gasteiger partial charge is 0.310 e. The van der Waals surface area contributed by atoms with E-state index >= 15 is 0 Å². The monoisotopic (exact) mass is 245 g/mol. The fourth-order valence-corrected chi connectivity index (χ4v) is 1.88. The molecule has 1 aromatic carbocycles. The second kappa shape index (κ2) is 6.37. The van der Waals surface area contributed by atoms with Gasteiger partial charge in [0.15, 0.2) is 0 Å². The van der Waals surface area contributed by atoms with E-state index in [4.69, 9.17) is 23.2 Å². The summed E-state index contributed by atoms with van der Waals surface area (Å²) in [6.45, 7) is 5.15. The molecule has 0 amide bonds. The van der Waals surface area contributed by atoms with E-state index in [9.17, 15) is 0 Å². The minimum absolute atomic E-state index is 0.519. The zero-order valence-electron chi connectivity index (χ0n) is 9.19. The van der Waals surface area contributed by atoms with Crippen molar-refractivity contribution < 1.29 is 0 Å². The Kier molecular flexibility index (Phi) is 5.44. The third-order valence-corrected chi connectivity index (χ3v) is 2.97. The van der Waals surface area contributed by atoms with Crippen molar-refractivity contribution in [2.45, 2.75) is 39.3 Å². The summed E-state index contributed by atoms with van der Waals surface area (Å²) in [5, 5.41) is 4.93. The first-order valence-corrected chi connectivity index (χ1v) is 6.06. The molecule has 1 rings (SSSR count). The lowest BCUT2D eigenvalue weighted by atomic mass is 10.1. The molecule has 3 heteroatoms. The lowest BCUT2D eigenvalue weighted by Gasteiger charge is -2.13. The first kappa shape index (κ1) is 12.8. The molecular weight excluding hydrogens is 229 g/mol. The van der Waals surface area contributed by atoms with Crippen molar-refractivity contribution in [3.63, 3.8) is 0 Å². The standard InChI is InChI=1S/C12H17Cl2N/c1-3-4-9(2)15-8-10-7-11(13)5-6-12(10)14/h5-7,9,15H,3-4,8H2,1-2H3. The van der Waals surface area contributed by atoms with Crippen LogP contribution in [-0.4, -0.2) is 6.04 Å². The third-order valence-electron chi connectivity index (χ3n) is 2.37. The molecule has 0 spiro atoms. The van der Waals surface area contributed by atoms with Crippen LogP contribution in [0.2, 0.25) is 10.0 Å². The average Bonchev–Trinajstić information content (AvgIpc) is 2.20. The van der Waals surface area contributed by atoms with E-state index in [1.807, 2.05) is 18.2 Å². The number of halogens is 2. The fourth-order valence-electron chi connectivity index (χ4n) is 1.50. The average molecular weight is 246 g/mol. The van der Waals surface area contributed by atoms with Crippen LogP contribution in [0, 0.1) is 0 Å². The molecular formula is C12H17Cl2N. The number of rotatable bonds is 5. The highest BCUT2D eigenvalue weighted by Crippen LogP contribution is 2.20. The van der Waals surface area contributed by atoms with E-state index in [-0.39, 0.29) is 0 Å². The summed E-state index contributed by atoms with van der Waals surface area (Å²) in [5.41, 5.74) is 1.06. The second-order valence-corrected chi connectivity index (χ2v) is 4.65. The Morgan fingerprint density at radius 1 is 1.33 bits per heavy atom. The summed E-state index contributed by atoms with van der Waals surface area (Å²) >= 11 is 12.0. The molecule has 0 saturated heterocycles. The Hall–Kier alpha value is -0.240. The molecule has 1 nitrogen and oxygen atoms in total. The SMILES string of the molecule is CCCC(C)NCc1cc(Cl)ccc1Cl.